The second kappa shape index (κ2) is 3.10. The van der Waals surface area contributed by atoms with Gasteiger partial charge in [0.1, 0.15) is 0 Å². The lowest BCUT2D eigenvalue weighted by molar-refractivity contribution is 0.0141. The molecule has 0 amide bonds. The number of hydrogen-bond donors (Lipinski definition) is 1. The van der Waals surface area contributed by atoms with E-state index in [4.69, 9.17) is 0 Å². The van der Waals surface area contributed by atoms with E-state index in [0.29, 0.717) is 0 Å². The topological polar surface area (TPSA) is 20.2 Å². The Morgan fingerprint density at radius 2 is 1.86 bits per heavy atom. The highest BCUT2D eigenvalue weighted by Crippen LogP contribution is 2.53. The summed E-state index contributed by atoms with van der Waals surface area (Å²) in [6.07, 6.45) is 8.21. The number of hydrogen-bond acceptors (Lipinski definition) is 1. The van der Waals surface area contributed by atoms with Gasteiger partial charge in [0.2, 0.25) is 0 Å². The molecule has 0 aromatic rings. The summed E-state index contributed by atoms with van der Waals surface area (Å²) < 4.78 is 0. The molecule has 1 atom stereocenters. The van der Waals surface area contributed by atoms with Gasteiger partial charge in [0.25, 0.3) is 0 Å². The number of allylic oxidation sites excluding steroid dienone is 1. The van der Waals surface area contributed by atoms with Gasteiger partial charge in [-0.1, -0.05) is 38.3 Å². The van der Waals surface area contributed by atoms with Crippen molar-refractivity contribution in [1.82, 2.24) is 0 Å². The van der Waals surface area contributed by atoms with Gasteiger partial charge in [-0.25, -0.2) is 0 Å². The molecule has 0 aliphatic heterocycles. The van der Waals surface area contributed by atoms with Crippen molar-refractivity contribution in [3.63, 3.8) is 0 Å². The van der Waals surface area contributed by atoms with Gasteiger partial charge in [0.05, 0.1) is 6.10 Å². The average molecular weight is 194 g/mol. The molecular weight excluding hydrogens is 172 g/mol. The molecule has 1 N–H and O–H groups in total. The molecule has 0 aromatic carbocycles. The van der Waals surface area contributed by atoms with Crippen molar-refractivity contribution in [3.05, 3.63) is 11.6 Å². The zero-order valence-corrected chi connectivity index (χ0v) is 9.64. The molecule has 14 heavy (non-hydrogen) atoms. The van der Waals surface area contributed by atoms with Crippen LogP contribution in [0.3, 0.4) is 0 Å². The van der Waals surface area contributed by atoms with E-state index in [0.717, 1.165) is 6.42 Å². The van der Waals surface area contributed by atoms with Gasteiger partial charge < -0.3 is 5.11 Å². The molecule has 1 fully saturated rings. The van der Waals surface area contributed by atoms with Gasteiger partial charge in [-0.05, 0) is 31.6 Å². The molecule has 0 saturated heterocycles. The van der Waals surface area contributed by atoms with Crippen LogP contribution in [0.5, 0.6) is 0 Å². The molecule has 1 spiro atoms. The predicted octanol–water partition coefficient (Wildman–Crippen LogP) is 3.28. The van der Waals surface area contributed by atoms with Crippen LogP contribution in [0, 0.1) is 10.8 Å². The van der Waals surface area contributed by atoms with Gasteiger partial charge in [-0.15, -0.1) is 0 Å². The van der Waals surface area contributed by atoms with Crippen LogP contribution in [-0.2, 0) is 0 Å². The van der Waals surface area contributed by atoms with Gasteiger partial charge in [-0.2, -0.15) is 0 Å². The molecule has 1 heteroatoms. The highest BCUT2D eigenvalue weighted by atomic mass is 16.3. The maximum absolute atomic E-state index is 10.3. The highest BCUT2D eigenvalue weighted by molar-refractivity contribution is 5.23. The Bertz CT molecular complexity index is 256. The van der Waals surface area contributed by atoms with E-state index in [1.807, 2.05) is 0 Å². The SMILES string of the molecule is CC1=CC(C)(C)CC(O)C12CCCC2. The Labute approximate surface area is 87.2 Å². The Balaban J connectivity index is 2.35. The number of rotatable bonds is 0. The number of aliphatic hydroxyl groups is 1. The van der Waals surface area contributed by atoms with Crippen LogP contribution in [-0.4, -0.2) is 11.2 Å². The molecule has 0 aromatic heterocycles. The summed E-state index contributed by atoms with van der Waals surface area (Å²) in [6.45, 7) is 6.67. The van der Waals surface area contributed by atoms with Gasteiger partial charge in [0.15, 0.2) is 0 Å². The minimum Gasteiger partial charge on any atom is -0.392 e. The van der Waals surface area contributed by atoms with Crippen molar-refractivity contribution < 1.29 is 5.11 Å². The summed E-state index contributed by atoms with van der Waals surface area (Å²) in [6, 6.07) is 0. The Kier molecular flexibility index (Phi) is 2.26. The second-order valence-corrected chi connectivity index (χ2v) is 5.90. The van der Waals surface area contributed by atoms with E-state index in [2.05, 4.69) is 26.8 Å². The second-order valence-electron chi connectivity index (χ2n) is 5.90. The molecule has 0 radical (unpaired) electrons. The molecule has 1 unspecified atom stereocenters. The monoisotopic (exact) mass is 194 g/mol. The zero-order chi connectivity index (χ0) is 10.4. The minimum absolute atomic E-state index is 0.106. The molecule has 1 saturated carbocycles. The van der Waals surface area contributed by atoms with Gasteiger partial charge >= 0.3 is 0 Å². The molecule has 2 aliphatic rings. The van der Waals surface area contributed by atoms with Crippen molar-refractivity contribution >= 4 is 0 Å². The zero-order valence-electron chi connectivity index (χ0n) is 9.64. The van der Waals surface area contributed by atoms with Crippen LogP contribution in [0.1, 0.15) is 52.9 Å². The van der Waals surface area contributed by atoms with E-state index < -0.39 is 0 Å². The van der Waals surface area contributed by atoms with E-state index in [1.54, 1.807) is 0 Å². The van der Waals surface area contributed by atoms with Gasteiger partial charge in [-0.3, -0.25) is 0 Å². The lowest BCUT2D eigenvalue weighted by Gasteiger charge is -2.44. The van der Waals surface area contributed by atoms with Crippen molar-refractivity contribution in [2.24, 2.45) is 10.8 Å². The Morgan fingerprint density at radius 3 is 2.36 bits per heavy atom. The first-order valence-electron chi connectivity index (χ1n) is 5.84. The first-order valence-corrected chi connectivity index (χ1v) is 5.84. The van der Waals surface area contributed by atoms with E-state index in [1.165, 1.54) is 31.3 Å². The van der Waals surface area contributed by atoms with Crippen molar-refractivity contribution in [3.8, 4) is 0 Å². The van der Waals surface area contributed by atoms with E-state index >= 15 is 0 Å². The molecule has 0 heterocycles. The third-order valence-electron chi connectivity index (χ3n) is 4.25. The molecule has 1 nitrogen and oxygen atoms in total. The maximum Gasteiger partial charge on any atom is 0.0641 e. The fraction of sp³-hybridized carbons (Fsp3) is 0.846. The largest absolute Gasteiger partial charge is 0.392 e. The van der Waals surface area contributed by atoms with Crippen molar-refractivity contribution in [2.75, 3.05) is 0 Å². The summed E-state index contributed by atoms with van der Waals surface area (Å²) in [5, 5.41) is 10.3. The summed E-state index contributed by atoms with van der Waals surface area (Å²) in [5.74, 6) is 0. The number of aliphatic hydroxyl groups excluding tert-OH is 1. The lowest BCUT2D eigenvalue weighted by atomic mass is 9.63. The first kappa shape index (κ1) is 10.2. The van der Waals surface area contributed by atoms with E-state index in [9.17, 15) is 5.11 Å². The minimum atomic E-state index is -0.106. The predicted molar refractivity (Wildman–Crippen MR) is 59.1 cm³/mol. The lowest BCUT2D eigenvalue weighted by Crippen LogP contribution is -2.41. The standard InChI is InChI=1S/C13H22O/c1-10-8-12(2,3)9-11(14)13(10)6-4-5-7-13/h8,11,14H,4-7,9H2,1-3H3. The van der Waals surface area contributed by atoms with Crippen LogP contribution in [0.15, 0.2) is 11.6 Å². The third kappa shape index (κ3) is 1.42. The van der Waals surface area contributed by atoms with Crippen LogP contribution in [0.25, 0.3) is 0 Å². The molecule has 80 valence electrons. The smallest absolute Gasteiger partial charge is 0.0641 e. The first-order chi connectivity index (χ1) is 6.46. The van der Waals surface area contributed by atoms with Crippen LogP contribution in [0.2, 0.25) is 0 Å². The quantitative estimate of drug-likeness (QED) is 0.587. The highest BCUT2D eigenvalue weighted by Gasteiger charge is 2.46. The normalized spacial score (nSPS) is 34.6. The summed E-state index contributed by atoms with van der Waals surface area (Å²) in [4.78, 5) is 0. The Morgan fingerprint density at radius 1 is 1.29 bits per heavy atom. The van der Waals surface area contributed by atoms with Crippen LogP contribution < -0.4 is 0 Å². The van der Waals surface area contributed by atoms with Crippen molar-refractivity contribution in [1.29, 1.82) is 0 Å². The summed E-state index contributed by atoms with van der Waals surface area (Å²) in [5.41, 5.74) is 1.80. The summed E-state index contributed by atoms with van der Waals surface area (Å²) >= 11 is 0. The summed E-state index contributed by atoms with van der Waals surface area (Å²) in [7, 11) is 0. The molecule has 2 rings (SSSR count). The fourth-order valence-corrected chi connectivity index (χ4v) is 3.48. The maximum atomic E-state index is 10.3. The average Bonchev–Trinajstić information content (AvgIpc) is 2.48. The molecular formula is C13H22O. The van der Waals surface area contributed by atoms with Crippen LogP contribution >= 0.6 is 0 Å². The molecule has 2 aliphatic carbocycles. The third-order valence-corrected chi connectivity index (χ3v) is 4.25. The molecule has 0 bridgehead atoms. The Hall–Kier alpha value is -0.300. The fourth-order valence-electron chi connectivity index (χ4n) is 3.48. The van der Waals surface area contributed by atoms with Gasteiger partial charge in [0, 0.05) is 5.41 Å². The van der Waals surface area contributed by atoms with Crippen LogP contribution in [0.4, 0.5) is 0 Å². The van der Waals surface area contributed by atoms with E-state index in [-0.39, 0.29) is 16.9 Å². The van der Waals surface area contributed by atoms with Crippen molar-refractivity contribution in [2.45, 2.75) is 59.0 Å².